The summed E-state index contributed by atoms with van der Waals surface area (Å²) in [6.07, 6.45) is 0. The highest BCUT2D eigenvalue weighted by atomic mass is 32.2. The van der Waals surface area contributed by atoms with Crippen molar-refractivity contribution >= 4 is 21.4 Å². The molecule has 5 nitrogen and oxygen atoms in total. The van der Waals surface area contributed by atoms with E-state index in [1.165, 1.54) is 0 Å². The molecule has 0 radical (unpaired) electrons. The minimum Gasteiger partial charge on any atom is -0.399 e. The smallest absolute Gasteiger partial charge is 0.213 e. The van der Waals surface area contributed by atoms with E-state index in [-0.39, 0.29) is 30.2 Å². The molecule has 0 fully saturated rings. The third-order valence-corrected chi connectivity index (χ3v) is 3.57. The molecule has 0 bridgehead atoms. The van der Waals surface area contributed by atoms with Gasteiger partial charge in [-0.25, -0.2) is 21.9 Å². The molecule has 0 heterocycles. The number of nitrogens with one attached hydrogen (secondary N) is 2. The van der Waals surface area contributed by atoms with Gasteiger partial charge in [0.25, 0.3) is 0 Å². The molecule has 0 aromatic heterocycles. The number of halogens is 2. The van der Waals surface area contributed by atoms with Gasteiger partial charge in [-0.15, -0.1) is 0 Å². The molecule has 18 heavy (non-hydrogen) atoms. The van der Waals surface area contributed by atoms with Crippen LogP contribution in [-0.4, -0.2) is 27.3 Å². The highest BCUT2D eigenvalue weighted by Gasteiger charge is 2.12. The number of hydrogen-bond acceptors (Lipinski definition) is 4. The Morgan fingerprint density at radius 2 is 1.83 bits per heavy atom. The fourth-order valence-electron chi connectivity index (χ4n) is 1.36. The van der Waals surface area contributed by atoms with Crippen molar-refractivity contribution in [2.24, 2.45) is 0 Å². The minimum absolute atomic E-state index is 0.0316. The third kappa shape index (κ3) is 4.11. The summed E-state index contributed by atoms with van der Waals surface area (Å²) < 4.78 is 51.5. The summed E-state index contributed by atoms with van der Waals surface area (Å²) in [4.78, 5) is 0. The van der Waals surface area contributed by atoms with E-state index in [4.69, 9.17) is 5.73 Å². The van der Waals surface area contributed by atoms with E-state index >= 15 is 0 Å². The van der Waals surface area contributed by atoms with Crippen molar-refractivity contribution in [3.63, 3.8) is 0 Å². The van der Waals surface area contributed by atoms with Crippen molar-refractivity contribution in [3.8, 4) is 0 Å². The third-order valence-electron chi connectivity index (χ3n) is 2.10. The molecule has 0 saturated heterocycles. The summed E-state index contributed by atoms with van der Waals surface area (Å²) in [7, 11) is -3.42. The number of nitrogens with two attached hydrogens (primary N) is 1. The molecule has 0 spiro atoms. The first-order chi connectivity index (χ1) is 8.35. The van der Waals surface area contributed by atoms with E-state index in [1.54, 1.807) is 6.92 Å². The van der Waals surface area contributed by atoms with Crippen molar-refractivity contribution < 1.29 is 17.2 Å². The van der Waals surface area contributed by atoms with Crippen LogP contribution in [0.15, 0.2) is 12.1 Å². The fraction of sp³-hybridized carbons (Fsp3) is 0.400. The predicted molar refractivity (Wildman–Crippen MR) is 66.7 cm³/mol. The van der Waals surface area contributed by atoms with Gasteiger partial charge in [0.1, 0.15) is 5.69 Å². The van der Waals surface area contributed by atoms with Crippen LogP contribution in [0.5, 0.6) is 0 Å². The van der Waals surface area contributed by atoms with Gasteiger partial charge in [0.15, 0.2) is 11.6 Å². The molecule has 1 rings (SSSR count). The summed E-state index contributed by atoms with van der Waals surface area (Å²) in [6.45, 7) is 1.81. The number of anilines is 2. The molecule has 0 amide bonds. The number of rotatable bonds is 6. The molecule has 102 valence electrons. The van der Waals surface area contributed by atoms with Crippen LogP contribution >= 0.6 is 0 Å². The summed E-state index contributed by atoms with van der Waals surface area (Å²) >= 11 is 0. The molecular weight excluding hydrogens is 264 g/mol. The molecule has 0 saturated carbocycles. The lowest BCUT2D eigenvalue weighted by atomic mass is 10.2. The molecule has 0 aliphatic carbocycles. The van der Waals surface area contributed by atoms with E-state index < -0.39 is 21.7 Å². The van der Waals surface area contributed by atoms with Crippen LogP contribution in [0.25, 0.3) is 0 Å². The maximum Gasteiger partial charge on any atom is 0.213 e. The Morgan fingerprint density at radius 3 is 2.33 bits per heavy atom. The lowest BCUT2D eigenvalue weighted by Crippen LogP contribution is -2.29. The SMILES string of the molecule is CCNS(=O)(=O)CCNc1c(F)cc(N)cc1F. The molecule has 0 aliphatic heterocycles. The first-order valence-corrected chi connectivity index (χ1v) is 6.96. The van der Waals surface area contributed by atoms with Gasteiger partial charge in [-0.05, 0) is 12.1 Å². The molecule has 0 aliphatic rings. The van der Waals surface area contributed by atoms with Crippen LogP contribution in [0.3, 0.4) is 0 Å². The van der Waals surface area contributed by atoms with Crippen LogP contribution < -0.4 is 15.8 Å². The normalized spacial score (nSPS) is 11.5. The van der Waals surface area contributed by atoms with Crippen LogP contribution in [0.1, 0.15) is 6.92 Å². The second kappa shape index (κ2) is 5.96. The maximum atomic E-state index is 13.3. The molecule has 0 atom stereocenters. The highest BCUT2D eigenvalue weighted by molar-refractivity contribution is 7.89. The Balaban J connectivity index is 2.65. The Kier molecular flexibility index (Phi) is 4.85. The lowest BCUT2D eigenvalue weighted by Gasteiger charge is -2.10. The van der Waals surface area contributed by atoms with Crippen molar-refractivity contribution in [2.45, 2.75) is 6.92 Å². The minimum atomic E-state index is -3.42. The average Bonchev–Trinajstić information content (AvgIpc) is 2.21. The summed E-state index contributed by atoms with van der Waals surface area (Å²) in [5.41, 5.74) is 4.84. The van der Waals surface area contributed by atoms with Crippen molar-refractivity contribution in [1.82, 2.24) is 4.72 Å². The van der Waals surface area contributed by atoms with Gasteiger partial charge in [-0.1, -0.05) is 6.92 Å². The lowest BCUT2D eigenvalue weighted by molar-refractivity contribution is 0.580. The molecule has 1 aromatic rings. The van der Waals surface area contributed by atoms with Crippen molar-refractivity contribution in [3.05, 3.63) is 23.8 Å². The number of nitrogen functional groups attached to an aromatic ring is 1. The average molecular weight is 279 g/mol. The fourth-order valence-corrected chi connectivity index (χ4v) is 2.32. The van der Waals surface area contributed by atoms with E-state index in [0.717, 1.165) is 12.1 Å². The van der Waals surface area contributed by atoms with Gasteiger partial charge in [0.05, 0.1) is 5.75 Å². The highest BCUT2D eigenvalue weighted by Crippen LogP contribution is 2.21. The predicted octanol–water partition coefficient (Wildman–Crippen LogP) is 0.898. The van der Waals surface area contributed by atoms with Gasteiger partial charge in [-0.2, -0.15) is 0 Å². The topological polar surface area (TPSA) is 84.2 Å². The van der Waals surface area contributed by atoms with Crippen molar-refractivity contribution in [2.75, 3.05) is 29.9 Å². The van der Waals surface area contributed by atoms with E-state index in [0.29, 0.717) is 0 Å². The van der Waals surface area contributed by atoms with Crippen molar-refractivity contribution in [1.29, 1.82) is 0 Å². The number of hydrogen-bond donors (Lipinski definition) is 3. The van der Waals surface area contributed by atoms with Gasteiger partial charge in [0, 0.05) is 18.8 Å². The summed E-state index contributed by atoms with van der Waals surface area (Å²) in [5.74, 6) is -1.98. The van der Waals surface area contributed by atoms with Gasteiger partial charge in [0.2, 0.25) is 10.0 Å². The molecule has 4 N–H and O–H groups in total. The van der Waals surface area contributed by atoms with Gasteiger partial charge >= 0.3 is 0 Å². The summed E-state index contributed by atoms with van der Waals surface area (Å²) in [5, 5.41) is 2.40. The first kappa shape index (κ1) is 14.7. The molecule has 8 heteroatoms. The van der Waals surface area contributed by atoms with E-state index in [1.807, 2.05) is 0 Å². The van der Waals surface area contributed by atoms with E-state index in [2.05, 4.69) is 10.0 Å². The molecule has 1 aromatic carbocycles. The second-order valence-electron chi connectivity index (χ2n) is 3.60. The molecule has 0 unspecified atom stereocenters. The zero-order valence-electron chi connectivity index (χ0n) is 9.83. The Bertz CT molecular complexity index is 497. The van der Waals surface area contributed by atoms with Crippen LogP contribution in [-0.2, 0) is 10.0 Å². The van der Waals surface area contributed by atoms with E-state index in [9.17, 15) is 17.2 Å². The zero-order chi connectivity index (χ0) is 13.8. The quantitative estimate of drug-likeness (QED) is 0.675. The Labute approximate surface area is 104 Å². The van der Waals surface area contributed by atoms with Gasteiger partial charge < -0.3 is 11.1 Å². The van der Waals surface area contributed by atoms with Crippen LogP contribution in [0.2, 0.25) is 0 Å². The van der Waals surface area contributed by atoms with Gasteiger partial charge in [-0.3, -0.25) is 0 Å². The number of sulfonamides is 1. The zero-order valence-corrected chi connectivity index (χ0v) is 10.7. The monoisotopic (exact) mass is 279 g/mol. The summed E-state index contributed by atoms with van der Waals surface area (Å²) in [6, 6.07) is 1.93. The Hall–Kier alpha value is -1.41. The maximum absolute atomic E-state index is 13.3. The first-order valence-electron chi connectivity index (χ1n) is 5.31. The Morgan fingerprint density at radius 1 is 1.28 bits per heavy atom. The number of benzene rings is 1. The second-order valence-corrected chi connectivity index (χ2v) is 5.53. The standard InChI is InChI=1S/C10H15F2N3O2S/c1-2-15-18(16,17)4-3-14-10-8(11)5-7(13)6-9(10)12/h5-6,14-15H,2-4,13H2,1H3. The largest absolute Gasteiger partial charge is 0.399 e. The van der Waals surface area contributed by atoms with Crippen LogP contribution in [0.4, 0.5) is 20.2 Å². The molecular formula is C10H15F2N3O2S. The van der Waals surface area contributed by atoms with Crippen LogP contribution in [0, 0.1) is 11.6 Å².